The van der Waals surface area contributed by atoms with Crippen molar-refractivity contribution in [2.24, 2.45) is 0 Å². The molecule has 0 aliphatic carbocycles. The lowest BCUT2D eigenvalue weighted by Crippen LogP contribution is -2.71. The van der Waals surface area contributed by atoms with Crippen molar-refractivity contribution in [2.75, 3.05) is 31.9 Å². The summed E-state index contributed by atoms with van der Waals surface area (Å²) < 4.78 is 0. The quantitative estimate of drug-likeness (QED) is 0.727. The Balaban J connectivity index is 2.01. The fourth-order valence-electron chi connectivity index (χ4n) is 2.40. The van der Waals surface area contributed by atoms with E-state index < -0.39 is 5.97 Å². The fourth-order valence-corrected chi connectivity index (χ4v) is 3.42. The highest BCUT2D eigenvalue weighted by Gasteiger charge is 2.45. The number of nitrogens with one attached hydrogen (secondary N) is 1. The fraction of sp³-hybridized carbons (Fsp3) is 0.900. The molecule has 0 aromatic heterocycles. The van der Waals surface area contributed by atoms with Gasteiger partial charge in [0.05, 0.1) is 12.0 Å². The van der Waals surface area contributed by atoms with E-state index in [-0.39, 0.29) is 12.0 Å². The first kappa shape index (κ1) is 11.2. The van der Waals surface area contributed by atoms with Gasteiger partial charge in [-0.1, -0.05) is 6.92 Å². The first-order valence-electron chi connectivity index (χ1n) is 5.42. The molecule has 2 fully saturated rings. The predicted molar refractivity (Wildman–Crippen MR) is 61.3 cm³/mol. The topological polar surface area (TPSA) is 52.6 Å². The molecule has 0 aromatic carbocycles. The van der Waals surface area contributed by atoms with Crippen LogP contribution in [-0.4, -0.2) is 58.7 Å². The van der Waals surface area contributed by atoms with Crippen molar-refractivity contribution in [3.8, 4) is 0 Å². The van der Waals surface area contributed by atoms with Gasteiger partial charge in [-0.3, -0.25) is 9.69 Å². The largest absolute Gasteiger partial charge is 0.481 e. The van der Waals surface area contributed by atoms with Gasteiger partial charge in [-0.25, -0.2) is 0 Å². The number of rotatable bonds is 3. The molecule has 86 valence electrons. The summed E-state index contributed by atoms with van der Waals surface area (Å²) in [6, 6.07) is 0. The van der Waals surface area contributed by atoms with Crippen molar-refractivity contribution in [2.45, 2.75) is 24.1 Å². The lowest BCUT2D eigenvalue weighted by atomic mass is 9.86. The molecule has 4 nitrogen and oxygen atoms in total. The number of carboxylic acids is 1. The Morgan fingerprint density at radius 2 is 2.40 bits per heavy atom. The molecule has 0 bridgehead atoms. The molecular formula is C10H18N2O2S. The Kier molecular flexibility index (Phi) is 3.23. The highest BCUT2D eigenvalue weighted by molar-refractivity contribution is 7.99. The van der Waals surface area contributed by atoms with Gasteiger partial charge in [0.2, 0.25) is 0 Å². The van der Waals surface area contributed by atoms with Crippen LogP contribution in [0.4, 0.5) is 0 Å². The Hall–Kier alpha value is -0.260. The van der Waals surface area contributed by atoms with E-state index in [1.165, 1.54) is 0 Å². The van der Waals surface area contributed by atoms with Crippen LogP contribution in [0.2, 0.25) is 0 Å². The smallest absolute Gasteiger partial charge is 0.305 e. The third-order valence-corrected chi connectivity index (χ3v) is 4.44. The molecule has 1 unspecified atom stereocenters. The van der Waals surface area contributed by atoms with E-state index in [2.05, 4.69) is 17.1 Å². The molecule has 2 heterocycles. The molecule has 5 heteroatoms. The Morgan fingerprint density at radius 1 is 1.67 bits per heavy atom. The molecule has 2 N–H and O–H groups in total. The maximum absolute atomic E-state index is 10.9. The van der Waals surface area contributed by atoms with Gasteiger partial charge in [-0.2, -0.15) is 11.8 Å². The van der Waals surface area contributed by atoms with Crippen molar-refractivity contribution in [3.63, 3.8) is 0 Å². The van der Waals surface area contributed by atoms with Crippen LogP contribution in [0.25, 0.3) is 0 Å². The van der Waals surface area contributed by atoms with Crippen LogP contribution >= 0.6 is 11.8 Å². The van der Waals surface area contributed by atoms with Gasteiger partial charge in [-0.05, 0) is 0 Å². The zero-order valence-corrected chi connectivity index (χ0v) is 9.85. The lowest BCUT2D eigenvalue weighted by Gasteiger charge is -2.52. The van der Waals surface area contributed by atoms with Gasteiger partial charge in [-0.15, -0.1) is 0 Å². The zero-order chi connectivity index (χ0) is 10.9. The van der Waals surface area contributed by atoms with E-state index in [4.69, 9.17) is 5.11 Å². The summed E-state index contributed by atoms with van der Waals surface area (Å²) in [5.74, 6) is 0.449. The van der Waals surface area contributed by atoms with Crippen molar-refractivity contribution in [3.05, 3.63) is 0 Å². The van der Waals surface area contributed by atoms with Crippen molar-refractivity contribution < 1.29 is 9.90 Å². The summed E-state index contributed by atoms with van der Waals surface area (Å²) in [5.41, 5.74) is -0.0962. The molecule has 2 aliphatic heterocycles. The van der Waals surface area contributed by atoms with Crippen LogP contribution in [0, 0.1) is 0 Å². The summed E-state index contributed by atoms with van der Waals surface area (Å²) in [6.45, 7) is 5.94. The summed E-state index contributed by atoms with van der Waals surface area (Å²) >= 11 is 1.98. The monoisotopic (exact) mass is 230 g/mol. The Bertz CT molecular complexity index is 256. The van der Waals surface area contributed by atoms with Crippen LogP contribution in [-0.2, 0) is 4.79 Å². The Morgan fingerprint density at radius 3 is 2.87 bits per heavy atom. The summed E-state index contributed by atoms with van der Waals surface area (Å²) in [7, 11) is 0. The molecular weight excluding hydrogens is 212 g/mol. The van der Waals surface area contributed by atoms with Crippen molar-refractivity contribution in [1.82, 2.24) is 10.2 Å². The second kappa shape index (κ2) is 4.31. The maximum Gasteiger partial charge on any atom is 0.305 e. The van der Waals surface area contributed by atoms with Crippen LogP contribution in [0.3, 0.4) is 0 Å². The number of carbonyl (C=O) groups is 1. The first-order valence-corrected chi connectivity index (χ1v) is 6.46. The first-order chi connectivity index (χ1) is 7.12. The third kappa shape index (κ3) is 2.29. The number of hydrogen-bond donors (Lipinski definition) is 2. The van der Waals surface area contributed by atoms with E-state index in [1.54, 1.807) is 0 Å². The third-order valence-electron chi connectivity index (χ3n) is 3.30. The molecule has 0 saturated carbocycles. The van der Waals surface area contributed by atoms with E-state index in [0.717, 1.165) is 31.9 Å². The second-order valence-corrected chi connectivity index (χ2v) is 6.07. The van der Waals surface area contributed by atoms with Gasteiger partial charge in [0.15, 0.2) is 0 Å². The number of nitrogens with zero attached hydrogens (tertiary/aromatic N) is 1. The van der Waals surface area contributed by atoms with Gasteiger partial charge >= 0.3 is 5.97 Å². The average Bonchev–Trinajstić information content (AvgIpc) is 2.11. The molecule has 0 aromatic rings. The van der Waals surface area contributed by atoms with Gasteiger partial charge in [0.25, 0.3) is 0 Å². The molecule has 1 atom stereocenters. The summed E-state index contributed by atoms with van der Waals surface area (Å²) in [4.78, 5) is 13.2. The number of aliphatic carboxylic acids is 1. The summed E-state index contributed by atoms with van der Waals surface area (Å²) in [5, 5.41) is 12.8. The number of hydrogen-bond acceptors (Lipinski definition) is 4. The van der Waals surface area contributed by atoms with Crippen molar-refractivity contribution >= 4 is 17.7 Å². The molecule has 0 amide bonds. The van der Waals surface area contributed by atoms with Crippen LogP contribution in [0.5, 0.6) is 0 Å². The maximum atomic E-state index is 10.9. The number of thioether (sulfide) groups is 1. The normalized spacial score (nSPS) is 30.9. The van der Waals surface area contributed by atoms with Crippen LogP contribution < -0.4 is 5.32 Å². The molecule has 0 spiro atoms. The van der Waals surface area contributed by atoms with E-state index in [0.29, 0.717) is 5.25 Å². The zero-order valence-electron chi connectivity index (χ0n) is 9.03. The van der Waals surface area contributed by atoms with Gasteiger partial charge < -0.3 is 10.4 Å². The highest BCUT2D eigenvalue weighted by Crippen LogP contribution is 2.30. The predicted octanol–water partition coefficient (Wildman–Crippen LogP) is 0.240. The molecule has 2 saturated heterocycles. The highest BCUT2D eigenvalue weighted by atomic mass is 32.2. The Labute approximate surface area is 94.4 Å². The molecule has 2 rings (SSSR count). The SMILES string of the molecule is CC1CN(C2(CC(=O)O)CNC2)CCS1. The minimum absolute atomic E-state index is 0.0962. The van der Waals surface area contributed by atoms with E-state index >= 15 is 0 Å². The summed E-state index contributed by atoms with van der Waals surface area (Å²) in [6.07, 6.45) is 0.275. The lowest BCUT2D eigenvalue weighted by molar-refractivity contribution is -0.141. The molecule has 2 aliphatic rings. The second-order valence-electron chi connectivity index (χ2n) is 4.53. The van der Waals surface area contributed by atoms with E-state index in [1.807, 2.05) is 11.8 Å². The van der Waals surface area contributed by atoms with Crippen LogP contribution in [0.15, 0.2) is 0 Å². The number of carboxylic acid groups (broad SMARTS) is 1. The minimum Gasteiger partial charge on any atom is -0.481 e. The van der Waals surface area contributed by atoms with Gasteiger partial charge in [0, 0.05) is 37.2 Å². The van der Waals surface area contributed by atoms with Gasteiger partial charge in [0.1, 0.15) is 0 Å². The molecule has 0 radical (unpaired) electrons. The standard InChI is InChI=1S/C10H18N2O2S/c1-8-5-12(2-3-15-8)10(4-9(13)14)6-11-7-10/h8,11H,2-7H2,1H3,(H,13,14). The minimum atomic E-state index is -0.678. The molecule has 15 heavy (non-hydrogen) atoms. The average molecular weight is 230 g/mol. The van der Waals surface area contributed by atoms with Crippen molar-refractivity contribution in [1.29, 1.82) is 0 Å². The van der Waals surface area contributed by atoms with E-state index in [9.17, 15) is 4.79 Å². The van der Waals surface area contributed by atoms with Crippen LogP contribution in [0.1, 0.15) is 13.3 Å².